The van der Waals surface area contributed by atoms with Crippen molar-refractivity contribution in [1.29, 1.82) is 5.26 Å². The average Bonchev–Trinajstić information content (AvgIpc) is 2.34. The van der Waals surface area contributed by atoms with E-state index < -0.39 is 0 Å². The lowest BCUT2D eigenvalue weighted by Gasteiger charge is -2.08. The van der Waals surface area contributed by atoms with Crippen LogP contribution in [0.5, 0.6) is 0 Å². The number of hydrogen-bond donors (Lipinski definition) is 0. The summed E-state index contributed by atoms with van der Waals surface area (Å²) in [6.45, 7) is 3.36. The number of hydrogen-bond acceptors (Lipinski definition) is 3. The highest BCUT2D eigenvalue weighted by atomic mass is 79.9. The number of benzene rings is 1. The molecule has 2 rings (SSSR count). The lowest BCUT2D eigenvalue weighted by molar-refractivity contribution is 0.771. The maximum Gasteiger partial charge on any atom is 0.275 e. The summed E-state index contributed by atoms with van der Waals surface area (Å²) in [5.41, 5.74) is 1.73. The van der Waals surface area contributed by atoms with E-state index >= 15 is 0 Å². The van der Waals surface area contributed by atoms with E-state index in [1.54, 1.807) is 26.0 Å². The molecule has 2 aromatic rings. The first-order chi connectivity index (χ1) is 8.54. The third-order valence-electron chi connectivity index (χ3n) is 2.66. The van der Waals surface area contributed by atoms with Crippen LogP contribution in [0.15, 0.2) is 33.5 Å². The van der Waals surface area contributed by atoms with Gasteiger partial charge in [0.2, 0.25) is 0 Å². The van der Waals surface area contributed by atoms with Gasteiger partial charge in [-0.25, -0.2) is 0 Å². The molecule has 90 valence electrons. The number of nitriles is 1. The first kappa shape index (κ1) is 12.5. The molecule has 0 radical (unpaired) electrons. The Kier molecular flexibility index (Phi) is 3.30. The maximum atomic E-state index is 12.1. The Bertz CT molecular complexity index is 713. The Morgan fingerprint density at radius 2 is 2.11 bits per heavy atom. The molecule has 0 aliphatic heterocycles. The fraction of sp³-hybridized carbons (Fsp3) is 0.154. The van der Waals surface area contributed by atoms with Gasteiger partial charge in [-0.3, -0.25) is 4.79 Å². The molecule has 18 heavy (non-hydrogen) atoms. The Balaban J connectivity index is 2.75. The van der Waals surface area contributed by atoms with Crippen LogP contribution < -0.4 is 5.56 Å². The lowest BCUT2D eigenvalue weighted by atomic mass is 10.1. The van der Waals surface area contributed by atoms with Gasteiger partial charge in [0.05, 0.1) is 16.9 Å². The molecule has 1 aromatic heterocycles. The highest BCUT2D eigenvalue weighted by molar-refractivity contribution is 9.10. The zero-order valence-corrected chi connectivity index (χ0v) is 11.5. The van der Waals surface area contributed by atoms with Gasteiger partial charge in [-0.15, -0.1) is 0 Å². The first-order valence-corrected chi connectivity index (χ1v) is 6.10. The number of rotatable bonds is 1. The van der Waals surface area contributed by atoms with Crippen LogP contribution in [0, 0.1) is 25.2 Å². The van der Waals surface area contributed by atoms with Gasteiger partial charge in [0, 0.05) is 10.0 Å². The minimum atomic E-state index is -0.268. The molecule has 4 nitrogen and oxygen atoms in total. The molecule has 1 heterocycles. The van der Waals surface area contributed by atoms with Gasteiger partial charge in [0.15, 0.2) is 0 Å². The zero-order valence-electron chi connectivity index (χ0n) is 9.94. The van der Waals surface area contributed by atoms with Crippen LogP contribution >= 0.6 is 15.9 Å². The normalized spacial score (nSPS) is 10.1. The SMILES string of the molecule is Cc1nn(-c2cccc(Br)c2)c(=O)c(C)c1C#N. The van der Waals surface area contributed by atoms with Gasteiger partial charge in [0.1, 0.15) is 6.07 Å². The van der Waals surface area contributed by atoms with E-state index in [-0.39, 0.29) is 5.56 Å². The van der Waals surface area contributed by atoms with E-state index in [1.165, 1.54) is 4.68 Å². The molecular formula is C13H10BrN3O. The minimum Gasteiger partial charge on any atom is -0.267 e. The van der Waals surface area contributed by atoms with Crippen LogP contribution in [0.3, 0.4) is 0 Å². The van der Waals surface area contributed by atoms with Crippen LogP contribution in [0.4, 0.5) is 0 Å². The van der Waals surface area contributed by atoms with Crippen LogP contribution in [-0.2, 0) is 0 Å². The molecule has 0 saturated carbocycles. The fourth-order valence-corrected chi connectivity index (χ4v) is 2.12. The summed E-state index contributed by atoms with van der Waals surface area (Å²) in [5, 5.41) is 13.2. The Labute approximate surface area is 113 Å². The molecule has 0 spiro atoms. The Morgan fingerprint density at radius 3 is 2.72 bits per heavy atom. The second kappa shape index (κ2) is 4.75. The highest BCUT2D eigenvalue weighted by Crippen LogP contribution is 2.14. The average molecular weight is 304 g/mol. The number of aromatic nitrogens is 2. The van der Waals surface area contributed by atoms with E-state index in [4.69, 9.17) is 5.26 Å². The Hall–Kier alpha value is -1.93. The van der Waals surface area contributed by atoms with Crippen molar-refractivity contribution in [2.45, 2.75) is 13.8 Å². The summed E-state index contributed by atoms with van der Waals surface area (Å²) in [4.78, 5) is 12.1. The standard InChI is InChI=1S/C13H10BrN3O/c1-8-12(7-15)9(2)16-17(13(8)18)11-5-3-4-10(14)6-11/h3-6H,1-2H3. The van der Waals surface area contributed by atoms with Gasteiger partial charge in [-0.05, 0) is 32.0 Å². The van der Waals surface area contributed by atoms with Crippen molar-refractivity contribution in [3.63, 3.8) is 0 Å². The summed E-state index contributed by atoms with van der Waals surface area (Å²) in [5.74, 6) is 0. The van der Waals surface area contributed by atoms with E-state index in [2.05, 4.69) is 21.0 Å². The van der Waals surface area contributed by atoms with Crippen LogP contribution in [0.1, 0.15) is 16.8 Å². The predicted octanol–water partition coefficient (Wildman–Crippen LogP) is 2.48. The molecule has 0 atom stereocenters. The molecule has 0 aliphatic carbocycles. The molecule has 0 aliphatic rings. The fourth-order valence-electron chi connectivity index (χ4n) is 1.73. The third kappa shape index (κ3) is 2.07. The predicted molar refractivity (Wildman–Crippen MR) is 71.7 cm³/mol. The molecule has 1 aromatic carbocycles. The molecule has 0 fully saturated rings. The second-order valence-electron chi connectivity index (χ2n) is 3.89. The zero-order chi connectivity index (χ0) is 13.3. The quantitative estimate of drug-likeness (QED) is 0.813. The molecule has 0 amide bonds. The van der Waals surface area contributed by atoms with Gasteiger partial charge < -0.3 is 0 Å². The smallest absolute Gasteiger partial charge is 0.267 e. The van der Waals surface area contributed by atoms with Crippen molar-refractivity contribution < 1.29 is 0 Å². The topological polar surface area (TPSA) is 58.7 Å². The Morgan fingerprint density at radius 1 is 1.39 bits per heavy atom. The van der Waals surface area contributed by atoms with E-state index in [0.29, 0.717) is 22.5 Å². The van der Waals surface area contributed by atoms with E-state index in [1.807, 2.05) is 18.2 Å². The van der Waals surface area contributed by atoms with E-state index in [9.17, 15) is 4.79 Å². The summed E-state index contributed by atoms with van der Waals surface area (Å²) >= 11 is 3.35. The van der Waals surface area contributed by atoms with Crippen LogP contribution in [0.2, 0.25) is 0 Å². The summed E-state index contributed by atoms with van der Waals surface area (Å²) in [7, 11) is 0. The molecule has 0 N–H and O–H groups in total. The van der Waals surface area contributed by atoms with Crippen molar-refractivity contribution in [3.8, 4) is 11.8 Å². The summed E-state index contributed by atoms with van der Waals surface area (Å²) < 4.78 is 2.18. The largest absolute Gasteiger partial charge is 0.275 e. The van der Waals surface area contributed by atoms with Crippen LogP contribution in [0.25, 0.3) is 5.69 Å². The van der Waals surface area contributed by atoms with Gasteiger partial charge in [-0.2, -0.15) is 15.0 Å². The number of nitrogens with zero attached hydrogens (tertiary/aromatic N) is 3. The molecule has 5 heteroatoms. The van der Waals surface area contributed by atoms with Crippen molar-refractivity contribution in [3.05, 3.63) is 55.9 Å². The van der Waals surface area contributed by atoms with Crippen LogP contribution in [-0.4, -0.2) is 9.78 Å². The van der Waals surface area contributed by atoms with Crippen molar-refractivity contribution in [1.82, 2.24) is 9.78 Å². The van der Waals surface area contributed by atoms with Gasteiger partial charge in [-0.1, -0.05) is 22.0 Å². The monoisotopic (exact) mass is 303 g/mol. The molecule has 0 bridgehead atoms. The number of halogens is 1. The minimum absolute atomic E-state index is 0.268. The second-order valence-corrected chi connectivity index (χ2v) is 4.81. The van der Waals surface area contributed by atoms with Gasteiger partial charge in [0.25, 0.3) is 5.56 Å². The first-order valence-electron chi connectivity index (χ1n) is 5.31. The maximum absolute atomic E-state index is 12.1. The highest BCUT2D eigenvalue weighted by Gasteiger charge is 2.12. The summed E-state index contributed by atoms with van der Waals surface area (Å²) in [6.07, 6.45) is 0. The third-order valence-corrected chi connectivity index (χ3v) is 3.16. The lowest BCUT2D eigenvalue weighted by Crippen LogP contribution is -2.25. The van der Waals surface area contributed by atoms with Crippen molar-refractivity contribution in [2.24, 2.45) is 0 Å². The van der Waals surface area contributed by atoms with Gasteiger partial charge >= 0.3 is 0 Å². The molecule has 0 unspecified atom stereocenters. The molecular weight excluding hydrogens is 294 g/mol. The summed E-state index contributed by atoms with van der Waals surface area (Å²) in [6, 6.07) is 9.31. The van der Waals surface area contributed by atoms with E-state index in [0.717, 1.165) is 4.47 Å². The van der Waals surface area contributed by atoms with Crippen molar-refractivity contribution >= 4 is 15.9 Å². The molecule has 0 saturated heterocycles. The van der Waals surface area contributed by atoms with Crippen molar-refractivity contribution in [2.75, 3.05) is 0 Å². The number of aryl methyl sites for hydroxylation is 1.